The highest BCUT2D eigenvalue weighted by molar-refractivity contribution is 9.10. The van der Waals surface area contributed by atoms with Crippen molar-refractivity contribution in [3.8, 4) is 0 Å². The standard InChI is InChI=1S/C14H21BrN2O/c1-11-3-4-14(13(15)9-11)17(2)7-5-12-10-18-8-6-16-12/h3-4,9,12,16H,5-8,10H2,1-2H3. The van der Waals surface area contributed by atoms with Crippen LogP contribution in [0.5, 0.6) is 0 Å². The summed E-state index contributed by atoms with van der Waals surface area (Å²) in [7, 11) is 2.14. The molecule has 18 heavy (non-hydrogen) atoms. The Morgan fingerprint density at radius 3 is 3.00 bits per heavy atom. The topological polar surface area (TPSA) is 24.5 Å². The van der Waals surface area contributed by atoms with Crippen LogP contribution in [-0.2, 0) is 4.74 Å². The molecule has 100 valence electrons. The monoisotopic (exact) mass is 312 g/mol. The van der Waals surface area contributed by atoms with Crippen molar-refractivity contribution in [2.24, 2.45) is 0 Å². The Balaban J connectivity index is 1.88. The molecule has 1 aliphatic heterocycles. The number of aryl methyl sites for hydroxylation is 1. The summed E-state index contributed by atoms with van der Waals surface area (Å²) in [6.45, 7) is 5.79. The van der Waals surface area contributed by atoms with Crippen LogP contribution in [-0.4, -0.2) is 39.4 Å². The molecule has 1 aliphatic rings. The molecule has 0 bridgehead atoms. The van der Waals surface area contributed by atoms with Crippen LogP contribution in [0.15, 0.2) is 22.7 Å². The average molecular weight is 313 g/mol. The molecule has 4 heteroatoms. The molecule has 1 saturated heterocycles. The Kier molecular flexibility index (Phi) is 5.03. The van der Waals surface area contributed by atoms with E-state index in [1.165, 1.54) is 11.3 Å². The largest absolute Gasteiger partial charge is 0.379 e. The molecule has 0 spiro atoms. The molecule has 2 rings (SSSR count). The summed E-state index contributed by atoms with van der Waals surface area (Å²) < 4.78 is 6.63. The molecule has 1 N–H and O–H groups in total. The first-order valence-electron chi connectivity index (χ1n) is 6.45. The normalized spacial score (nSPS) is 19.8. The first-order valence-corrected chi connectivity index (χ1v) is 7.24. The summed E-state index contributed by atoms with van der Waals surface area (Å²) in [6.07, 6.45) is 1.11. The number of nitrogens with zero attached hydrogens (tertiary/aromatic N) is 1. The van der Waals surface area contributed by atoms with E-state index in [1.54, 1.807) is 0 Å². The quantitative estimate of drug-likeness (QED) is 0.925. The van der Waals surface area contributed by atoms with Crippen molar-refractivity contribution in [3.63, 3.8) is 0 Å². The van der Waals surface area contributed by atoms with Gasteiger partial charge in [0.25, 0.3) is 0 Å². The van der Waals surface area contributed by atoms with E-state index >= 15 is 0 Å². The molecule has 1 aromatic rings. The number of ether oxygens (including phenoxy) is 1. The van der Waals surface area contributed by atoms with Crippen LogP contribution in [0.4, 0.5) is 5.69 Å². The number of hydrogen-bond donors (Lipinski definition) is 1. The number of rotatable bonds is 4. The maximum atomic E-state index is 5.47. The first-order chi connectivity index (χ1) is 8.66. The Bertz CT molecular complexity index is 391. The van der Waals surface area contributed by atoms with E-state index in [0.717, 1.165) is 37.2 Å². The van der Waals surface area contributed by atoms with Gasteiger partial charge >= 0.3 is 0 Å². The van der Waals surface area contributed by atoms with Crippen molar-refractivity contribution in [2.45, 2.75) is 19.4 Å². The van der Waals surface area contributed by atoms with Gasteiger partial charge in [-0.1, -0.05) is 6.07 Å². The van der Waals surface area contributed by atoms with E-state index in [4.69, 9.17) is 4.74 Å². The van der Waals surface area contributed by atoms with E-state index in [-0.39, 0.29) is 0 Å². The summed E-state index contributed by atoms with van der Waals surface area (Å²) in [4.78, 5) is 2.29. The van der Waals surface area contributed by atoms with Gasteiger partial charge < -0.3 is 15.0 Å². The maximum Gasteiger partial charge on any atom is 0.0620 e. The van der Waals surface area contributed by atoms with Crippen LogP contribution in [0, 0.1) is 6.92 Å². The van der Waals surface area contributed by atoms with Gasteiger partial charge in [-0.2, -0.15) is 0 Å². The number of benzene rings is 1. The predicted octanol–water partition coefficient (Wildman–Crippen LogP) is 2.57. The molecule has 3 nitrogen and oxygen atoms in total. The highest BCUT2D eigenvalue weighted by Crippen LogP contribution is 2.26. The van der Waals surface area contributed by atoms with Gasteiger partial charge in [-0.3, -0.25) is 0 Å². The van der Waals surface area contributed by atoms with Crippen LogP contribution < -0.4 is 10.2 Å². The van der Waals surface area contributed by atoms with Gasteiger partial charge in [0.15, 0.2) is 0 Å². The minimum atomic E-state index is 0.491. The van der Waals surface area contributed by atoms with Crippen molar-refractivity contribution in [2.75, 3.05) is 38.3 Å². The van der Waals surface area contributed by atoms with Crippen LogP contribution in [0.2, 0.25) is 0 Å². The number of anilines is 1. The van der Waals surface area contributed by atoms with E-state index in [1.807, 2.05) is 0 Å². The predicted molar refractivity (Wildman–Crippen MR) is 79.4 cm³/mol. The smallest absolute Gasteiger partial charge is 0.0620 e. The van der Waals surface area contributed by atoms with Crippen molar-refractivity contribution < 1.29 is 4.74 Å². The van der Waals surface area contributed by atoms with E-state index < -0.39 is 0 Å². The lowest BCUT2D eigenvalue weighted by Crippen LogP contribution is -2.43. The van der Waals surface area contributed by atoms with Gasteiger partial charge in [-0.05, 0) is 47.0 Å². The Morgan fingerprint density at radius 1 is 1.50 bits per heavy atom. The third-order valence-electron chi connectivity index (χ3n) is 3.33. The van der Waals surface area contributed by atoms with Gasteiger partial charge in [0, 0.05) is 30.7 Å². The fraction of sp³-hybridized carbons (Fsp3) is 0.571. The second kappa shape index (κ2) is 6.55. The minimum Gasteiger partial charge on any atom is -0.379 e. The lowest BCUT2D eigenvalue weighted by atomic mass is 10.1. The van der Waals surface area contributed by atoms with Crippen LogP contribution in [0.3, 0.4) is 0 Å². The zero-order valence-electron chi connectivity index (χ0n) is 11.1. The third-order valence-corrected chi connectivity index (χ3v) is 3.96. The minimum absolute atomic E-state index is 0.491. The SMILES string of the molecule is Cc1ccc(N(C)CCC2COCCN2)c(Br)c1. The molecule has 1 atom stereocenters. The van der Waals surface area contributed by atoms with Gasteiger partial charge in [0.2, 0.25) is 0 Å². The fourth-order valence-corrected chi connectivity index (χ4v) is 2.99. The van der Waals surface area contributed by atoms with Crippen molar-refractivity contribution in [3.05, 3.63) is 28.2 Å². The lowest BCUT2D eigenvalue weighted by molar-refractivity contribution is 0.0749. The van der Waals surface area contributed by atoms with Crippen LogP contribution >= 0.6 is 15.9 Å². The Hall–Kier alpha value is -0.580. The van der Waals surface area contributed by atoms with Crippen molar-refractivity contribution in [1.82, 2.24) is 5.32 Å². The van der Waals surface area contributed by atoms with E-state index in [0.29, 0.717) is 6.04 Å². The second-order valence-corrected chi connectivity index (χ2v) is 5.75. The molecule has 0 aromatic heterocycles. The fourth-order valence-electron chi connectivity index (χ4n) is 2.20. The first kappa shape index (κ1) is 13.8. The summed E-state index contributed by atoms with van der Waals surface area (Å²) in [5.41, 5.74) is 2.53. The molecule has 0 radical (unpaired) electrons. The third kappa shape index (κ3) is 3.70. The molecule has 0 aliphatic carbocycles. The molecule has 1 unspecified atom stereocenters. The van der Waals surface area contributed by atoms with Crippen LogP contribution in [0.25, 0.3) is 0 Å². The average Bonchev–Trinajstić information content (AvgIpc) is 2.37. The van der Waals surface area contributed by atoms with Gasteiger partial charge in [0.05, 0.1) is 18.9 Å². The van der Waals surface area contributed by atoms with E-state index in [2.05, 4.69) is 58.3 Å². The summed E-state index contributed by atoms with van der Waals surface area (Å²) in [5, 5.41) is 3.49. The van der Waals surface area contributed by atoms with Gasteiger partial charge in [-0.25, -0.2) is 0 Å². The molecule has 1 aromatic carbocycles. The van der Waals surface area contributed by atoms with Gasteiger partial charge in [-0.15, -0.1) is 0 Å². The zero-order chi connectivity index (χ0) is 13.0. The molecular weight excluding hydrogens is 292 g/mol. The van der Waals surface area contributed by atoms with Crippen molar-refractivity contribution >= 4 is 21.6 Å². The number of hydrogen-bond acceptors (Lipinski definition) is 3. The lowest BCUT2D eigenvalue weighted by Gasteiger charge is -2.27. The number of nitrogens with one attached hydrogen (secondary N) is 1. The summed E-state index contributed by atoms with van der Waals surface area (Å²) in [6, 6.07) is 6.97. The molecule has 0 saturated carbocycles. The second-order valence-electron chi connectivity index (χ2n) is 4.89. The van der Waals surface area contributed by atoms with E-state index in [9.17, 15) is 0 Å². The Morgan fingerprint density at radius 2 is 2.33 bits per heavy atom. The number of halogens is 1. The molecule has 1 heterocycles. The Labute approximate surface area is 118 Å². The van der Waals surface area contributed by atoms with Crippen molar-refractivity contribution in [1.29, 1.82) is 0 Å². The van der Waals surface area contributed by atoms with Gasteiger partial charge in [0.1, 0.15) is 0 Å². The highest BCUT2D eigenvalue weighted by Gasteiger charge is 2.14. The summed E-state index contributed by atoms with van der Waals surface area (Å²) in [5.74, 6) is 0. The number of morpholine rings is 1. The zero-order valence-corrected chi connectivity index (χ0v) is 12.7. The maximum absolute atomic E-state index is 5.47. The summed E-state index contributed by atoms with van der Waals surface area (Å²) >= 11 is 3.63. The van der Waals surface area contributed by atoms with Crippen LogP contribution in [0.1, 0.15) is 12.0 Å². The molecule has 1 fully saturated rings. The molecular formula is C14H21BrN2O. The molecule has 0 amide bonds. The highest BCUT2D eigenvalue weighted by atomic mass is 79.9.